The van der Waals surface area contributed by atoms with E-state index in [1.807, 2.05) is 4.90 Å². The summed E-state index contributed by atoms with van der Waals surface area (Å²) >= 11 is 0. The van der Waals surface area contributed by atoms with Crippen molar-refractivity contribution in [3.63, 3.8) is 0 Å². The average molecular weight is 297 g/mol. The van der Waals surface area contributed by atoms with Crippen LogP contribution >= 0.6 is 0 Å². The molecule has 2 aliphatic heterocycles. The molecule has 0 aromatic rings. The minimum absolute atomic E-state index is 0.129. The number of carboxylic acid groups (broad SMARTS) is 1. The Bertz CT molecular complexity index is 411. The van der Waals surface area contributed by atoms with E-state index < -0.39 is 11.4 Å². The number of fused-ring (bicyclic) bond motifs is 1. The van der Waals surface area contributed by atoms with Crippen molar-refractivity contribution in [1.82, 2.24) is 15.1 Å². The minimum Gasteiger partial charge on any atom is -0.481 e. The van der Waals surface area contributed by atoms with Gasteiger partial charge in [0.05, 0.1) is 5.41 Å². The van der Waals surface area contributed by atoms with E-state index in [0.29, 0.717) is 12.0 Å². The number of aliphatic carboxylic acids is 1. The molecule has 2 atom stereocenters. The van der Waals surface area contributed by atoms with Gasteiger partial charge in [-0.2, -0.15) is 0 Å². The highest BCUT2D eigenvalue weighted by atomic mass is 16.4. The monoisotopic (exact) mass is 297 g/mol. The number of hydrogen-bond acceptors (Lipinski definition) is 3. The summed E-state index contributed by atoms with van der Waals surface area (Å²) in [4.78, 5) is 27.6. The fourth-order valence-electron chi connectivity index (χ4n) is 3.32. The lowest BCUT2D eigenvalue weighted by atomic mass is 9.84. The van der Waals surface area contributed by atoms with E-state index in [-0.39, 0.29) is 12.6 Å². The number of likely N-dealkylation sites (tertiary alicyclic amines) is 2. The zero-order valence-corrected chi connectivity index (χ0v) is 13.3. The molecule has 6 heteroatoms. The molecule has 2 saturated heterocycles. The van der Waals surface area contributed by atoms with Crippen LogP contribution in [-0.2, 0) is 4.79 Å². The molecule has 0 aromatic carbocycles. The summed E-state index contributed by atoms with van der Waals surface area (Å²) in [5.74, 6) is -0.342. The molecule has 0 radical (unpaired) electrons. The van der Waals surface area contributed by atoms with Gasteiger partial charge in [-0.25, -0.2) is 4.79 Å². The molecule has 2 unspecified atom stereocenters. The number of carboxylic acids is 1. The van der Waals surface area contributed by atoms with Crippen molar-refractivity contribution in [3.05, 3.63) is 0 Å². The summed E-state index contributed by atoms with van der Waals surface area (Å²) < 4.78 is 0. The molecule has 0 aliphatic carbocycles. The van der Waals surface area contributed by atoms with Crippen LogP contribution in [0.4, 0.5) is 4.79 Å². The van der Waals surface area contributed by atoms with E-state index in [4.69, 9.17) is 5.11 Å². The van der Waals surface area contributed by atoms with Crippen LogP contribution in [0.25, 0.3) is 0 Å². The predicted octanol–water partition coefficient (Wildman–Crippen LogP) is 1.22. The number of rotatable bonds is 3. The molecule has 2 rings (SSSR count). The van der Waals surface area contributed by atoms with Gasteiger partial charge in [-0.1, -0.05) is 0 Å². The Morgan fingerprint density at radius 3 is 2.67 bits per heavy atom. The molecule has 0 aromatic heterocycles. The third-order valence-corrected chi connectivity index (χ3v) is 4.89. The fourth-order valence-corrected chi connectivity index (χ4v) is 3.32. The van der Waals surface area contributed by atoms with E-state index in [2.05, 4.69) is 17.3 Å². The second-order valence-corrected chi connectivity index (χ2v) is 7.03. The molecule has 2 fully saturated rings. The first-order valence-corrected chi connectivity index (χ1v) is 7.77. The van der Waals surface area contributed by atoms with Crippen molar-refractivity contribution in [1.29, 1.82) is 0 Å². The van der Waals surface area contributed by atoms with Gasteiger partial charge >= 0.3 is 12.0 Å². The standard InChI is InChI=1S/C15H27N3O3/c1-15(2,13(19)20)10-16-14(21)18-8-6-12-11(9-18)5-4-7-17(12)3/h11-12H,4-10H2,1-3H3,(H,16,21)(H,19,20). The number of piperidine rings is 2. The van der Waals surface area contributed by atoms with Crippen LogP contribution in [0.15, 0.2) is 0 Å². The Labute approximate surface area is 126 Å². The topological polar surface area (TPSA) is 72.9 Å². The second kappa shape index (κ2) is 6.22. The van der Waals surface area contributed by atoms with Crippen molar-refractivity contribution in [3.8, 4) is 0 Å². The SMILES string of the molecule is CN1CCCC2CN(C(=O)NCC(C)(C)C(=O)O)CCC21. The number of nitrogens with zero attached hydrogens (tertiary/aromatic N) is 2. The highest BCUT2D eigenvalue weighted by molar-refractivity contribution is 5.77. The van der Waals surface area contributed by atoms with Gasteiger partial charge in [0.15, 0.2) is 0 Å². The van der Waals surface area contributed by atoms with Gasteiger partial charge in [-0.05, 0) is 52.6 Å². The summed E-state index contributed by atoms with van der Waals surface area (Å²) in [7, 11) is 2.17. The smallest absolute Gasteiger partial charge is 0.317 e. The van der Waals surface area contributed by atoms with Crippen molar-refractivity contribution < 1.29 is 14.7 Å². The molecule has 0 saturated carbocycles. The van der Waals surface area contributed by atoms with E-state index in [9.17, 15) is 9.59 Å². The Balaban J connectivity index is 1.86. The predicted molar refractivity (Wildman–Crippen MR) is 80.1 cm³/mol. The van der Waals surface area contributed by atoms with Gasteiger partial charge in [0, 0.05) is 25.7 Å². The van der Waals surface area contributed by atoms with Crippen molar-refractivity contribution in [2.24, 2.45) is 11.3 Å². The molecule has 2 amide bonds. The van der Waals surface area contributed by atoms with Crippen molar-refractivity contribution >= 4 is 12.0 Å². The van der Waals surface area contributed by atoms with Crippen LogP contribution in [0.2, 0.25) is 0 Å². The van der Waals surface area contributed by atoms with Crippen LogP contribution in [0, 0.1) is 11.3 Å². The lowest BCUT2D eigenvalue weighted by molar-refractivity contribution is -0.146. The summed E-state index contributed by atoms with van der Waals surface area (Å²) in [6.07, 6.45) is 3.38. The maximum absolute atomic E-state index is 12.2. The minimum atomic E-state index is -0.932. The van der Waals surface area contributed by atoms with E-state index in [1.165, 1.54) is 12.8 Å². The number of urea groups is 1. The highest BCUT2D eigenvalue weighted by Crippen LogP contribution is 2.29. The van der Waals surface area contributed by atoms with E-state index in [0.717, 1.165) is 26.1 Å². The largest absolute Gasteiger partial charge is 0.481 e. The van der Waals surface area contributed by atoms with Crippen LogP contribution in [0.5, 0.6) is 0 Å². The summed E-state index contributed by atoms with van der Waals surface area (Å²) in [6, 6.07) is 0.467. The lowest BCUT2D eigenvalue weighted by Crippen LogP contribution is -2.56. The van der Waals surface area contributed by atoms with Crippen molar-refractivity contribution in [2.75, 3.05) is 33.2 Å². The number of nitrogens with one attached hydrogen (secondary N) is 1. The van der Waals surface area contributed by atoms with Crippen LogP contribution < -0.4 is 5.32 Å². The quantitative estimate of drug-likeness (QED) is 0.821. The Morgan fingerprint density at radius 2 is 2.00 bits per heavy atom. The molecular weight excluding hydrogens is 270 g/mol. The van der Waals surface area contributed by atoms with Gasteiger partial charge < -0.3 is 20.2 Å². The molecule has 0 spiro atoms. The number of amides is 2. The Morgan fingerprint density at radius 1 is 1.29 bits per heavy atom. The Kier molecular flexibility index (Phi) is 4.76. The van der Waals surface area contributed by atoms with E-state index in [1.54, 1.807) is 13.8 Å². The second-order valence-electron chi connectivity index (χ2n) is 7.03. The third kappa shape index (κ3) is 3.67. The Hall–Kier alpha value is -1.30. The maximum atomic E-state index is 12.2. The van der Waals surface area contributed by atoms with Crippen LogP contribution in [0.1, 0.15) is 33.1 Å². The number of carbonyl (C=O) groups is 2. The molecule has 0 bridgehead atoms. The maximum Gasteiger partial charge on any atom is 0.317 e. The zero-order valence-electron chi connectivity index (χ0n) is 13.3. The van der Waals surface area contributed by atoms with Gasteiger partial charge in [-0.15, -0.1) is 0 Å². The average Bonchev–Trinajstić information content (AvgIpc) is 2.44. The highest BCUT2D eigenvalue weighted by Gasteiger charge is 2.36. The first kappa shape index (κ1) is 16.1. The number of hydrogen-bond donors (Lipinski definition) is 2. The summed E-state index contributed by atoms with van der Waals surface area (Å²) in [5.41, 5.74) is -0.932. The third-order valence-electron chi connectivity index (χ3n) is 4.89. The molecule has 21 heavy (non-hydrogen) atoms. The first-order chi connectivity index (χ1) is 9.81. The number of carbonyl (C=O) groups excluding carboxylic acids is 1. The van der Waals surface area contributed by atoms with Gasteiger partial charge in [0.25, 0.3) is 0 Å². The van der Waals surface area contributed by atoms with E-state index >= 15 is 0 Å². The van der Waals surface area contributed by atoms with Crippen molar-refractivity contribution in [2.45, 2.75) is 39.2 Å². The molecule has 2 heterocycles. The first-order valence-electron chi connectivity index (χ1n) is 7.77. The molecular formula is C15H27N3O3. The molecule has 2 aliphatic rings. The summed E-state index contributed by atoms with van der Waals surface area (Å²) in [5, 5.41) is 11.9. The van der Waals surface area contributed by atoms with Gasteiger partial charge in [0.2, 0.25) is 0 Å². The van der Waals surface area contributed by atoms with Crippen LogP contribution in [0.3, 0.4) is 0 Å². The zero-order chi connectivity index (χ0) is 15.6. The normalized spacial score (nSPS) is 27.1. The fraction of sp³-hybridized carbons (Fsp3) is 0.867. The lowest BCUT2D eigenvalue weighted by Gasteiger charge is -2.45. The van der Waals surface area contributed by atoms with Gasteiger partial charge in [0.1, 0.15) is 0 Å². The van der Waals surface area contributed by atoms with Crippen LogP contribution in [-0.4, -0.2) is 66.2 Å². The molecule has 120 valence electrons. The van der Waals surface area contributed by atoms with Gasteiger partial charge in [-0.3, -0.25) is 4.79 Å². The molecule has 2 N–H and O–H groups in total. The summed E-state index contributed by atoms with van der Waals surface area (Å²) in [6.45, 7) is 6.10. The molecule has 6 nitrogen and oxygen atoms in total.